The van der Waals surface area contributed by atoms with Gasteiger partial charge in [0.1, 0.15) is 0 Å². The van der Waals surface area contributed by atoms with Crippen LogP contribution in [0.25, 0.3) is 11.1 Å². The Morgan fingerprint density at radius 2 is 2.32 bits per heavy atom. The Morgan fingerprint density at radius 3 is 2.91 bits per heavy atom. The zero-order chi connectivity index (χ0) is 15.7. The summed E-state index contributed by atoms with van der Waals surface area (Å²) in [5, 5.41) is 7.79. The van der Waals surface area contributed by atoms with Crippen molar-refractivity contribution in [2.24, 2.45) is 0 Å². The highest BCUT2D eigenvalue weighted by molar-refractivity contribution is 5.97. The first-order valence-corrected chi connectivity index (χ1v) is 7.70. The lowest BCUT2D eigenvalue weighted by Gasteiger charge is -2.45. The molecule has 1 saturated carbocycles. The van der Waals surface area contributed by atoms with Gasteiger partial charge >= 0.3 is 0 Å². The minimum atomic E-state index is -0.223. The van der Waals surface area contributed by atoms with E-state index < -0.39 is 0 Å². The molecule has 22 heavy (non-hydrogen) atoms. The summed E-state index contributed by atoms with van der Waals surface area (Å²) in [5.41, 5.74) is 1.58. The Balaban J connectivity index is 1.80. The predicted octanol–water partition coefficient (Wildman–Crippen LogP) is 2.47. The fraction of sp³-hybridized carbons (Fsp3) is 0.562. The van der Waals surface area contributed by atoms with Crippen molar-refractivity contribution in [1.82, 2.24) is 15.5 Å². The van der Waals surface area contributed by atoms with Crippen molar-refractivity contribution >= 4 is 17.0 Å². The maximum absolute atomic E-state index is 12.5. The molecule has 6 nitrogen and oxygen atoms in total. The molecule has 1 N–H and O–H groups in total. The van der Waals surface area contributed by atoms with Crippen LogP contribution in [0.3, 0.4) is 0 Å². The molecule has 3 rings (SSSR count). The van der Waals surface area contributed by atoms with Crippen molar-refractivity contribution in [3.05, 3.63) is 23.5 Å². The van der Waals surface area contributed by atoms with Gasteiger partial charge in [-0.2, -0.15) is 0 Å². The van der Waals surface area contributed by atoms with E-state index in [2.05, 4.69) is 15.5 Å². The third-order valence-electron chi connectivity index (χ3n) is 4.74. The number of amides is 1. The summed E-state index contributed by atoms with van der Waals surface area (Å²) >= 11 is 0. The molecule has 0 aromatic carbocycles. The Labute approximate surface area is 129 Å². The van der Waals surface area contributed by atoms with Gasteiger partial charge in [-0.15, -0.1) is 0 Å². The molecule has 0 saturated heterocycles. The molecule has 6 heteroatoms. The number of hydrogen-bond donors (Lipinski definition) is 1. The van der Waals surface area contributed by atoms with E-state index in [1.165, 1.54) is 6.20 Å². The van der Waals surface area contributed by atoms with Gasteiger partial charge in [0.15, 0.2) is 0 Å². The Bertz CT molecular complexity index is 685. The molecule has 0 spiro atoms. The standard InChI is InChI=1S/C16H21N3O3/c1-4-13-12-8-11(9-17-15(12)22-19-13)14(20)18-10(2)16(21-3)6-5-7-16/h8-10H,4-7H2,1-3H3,(H,18,20). The number of methoxy groups -OCH3 is 1. The normalized spacial score (nSPS) is 18.0. The maximum Gasteiger partial charge on any atom is 0.257 e. The van der Waals surface area contributed by atoms with Gasteiger partial charge in [-0.1, -0.05) is 12.1 Å². The first kappa shape index (κ1) is 15.0. The third kappa shape index (κ3) is 2.37. The predicted molar refractivity (Wildman–Crippen MR) is 81.7 cm³/mol. The summed E-state index contributed by atoms with van der Waals surface area (Å²) in [5.74, 6) is -0.145. The van der Waals surface area contributed by atoms with Crippen molar-refractivity contribution in [2.45, 2.75) is 51.2 Å². The van der Waals surface area contributed by atoms with Crippen molar-refractivity contribution in [2.75, 3.05) is 7.11 Å². The van der Waals surface area contributed by atoms with Gasteiger partial charge in [0.2, 0.25) is 0 Å². The van der Waals surface area contributed by atoms with Gasteiger partial charge in [-0.25, -0.2) is 4.98 Å². The molecular weight excluding hydrogens is 282 g/mol. The number of pyridine rings is 1. The second-order valence-corrected chi connectivity index (χ2v) is 5.88. The molecular formula is C16H21N3O3. The van der Waals surface area contributed by atoms with Gasteiger partial charge in [-0.3, -0.25) is 4.79 Å². The minimum Gasteiger partial charge on any atom is -0.376 e. The molecule has 118 valence electrons. The van der Waals surface area contributed by atoms with Gasteiger partial charge in [0.25, 0.3) is 11.6 Å². The molecule has 1 unspecified atom stereocenters. The topological polar surface area (TPSA) is 77.2 Å². The van der Waals surface area contributed by atoms with E-state index in [0.29, 0.717) is 11.3 Å². The number of nitrogens with one attached hydrogen (secondary N) is 1. The third-order valence-corrected chi connectivity index (χ3v) is 4.74. The molecule has 1 amide bonds. The number of rotatable bonds is 5. The smallest absolute Gasteiger partial charge is 0.257 e. The van der Waals surface area contributed by atoms with E-state index in [1.807, 2.05) is 13.8 Å². The summed E-state index contributed by atoms with van der Waals surface area (Å²) in [6.45, 7) is 3.98. The average Bonchev–Trinajstić information content (AvgIpc) is 2.88. The molecule has 1 fully saturated rings. The molecule has 1 atom stereocenters. The second-order valence-electron chi connectivity index (χ2n) is 5.88. The minimum absolute atomic E-state index is 0.0393. The number of fused-ring (bicyclic) bond motifs is 1. The molecule has 1 aliphatic carbocycles. The fourth-order valence-corrected chi connectivity index (χ4v) is 3.01. The number of hydrogen-bond acceptors (Lipinski definition) is 5. The zero-order valence-corrected chi connectivity index (χ0v) is 13.2. The number of carbonyl (C=O) groups excluding carboxylic acids is 1. The Hall–Kier alpha value is -1.95. The Morgan fingerprint density at radius 1 is 1.55 bits per heavy atom. The molecule has 0 radical (unpaired) electrons. The van der Waals surface area contributed by atoms with Crippen LogP contribution in [-0.2, 0) is 11.2 Å². The molecule has 1 aliphatic rings. The molecule has 2 heterocycles. The van der Waals surface area contributed by atoms with E-state index in [-0.39, 0.29) is 17.6 Å². The first-order valence-electron chi connectivity index (χ1n) is 7.70. The lowest BCUT2D eigenvalue weighted by atomic mass is 9.75. The second kappa shape index (κ2) is 5.68. The maximum atomic E-state index is 12.5. The summed E-state index contributed by atoms with van der Waals surface area (Å²) in [7, 11) is 1.71. The van der Waals surface area contributed by atoms with Crippen LogP contribution in [0.5, 0.6) is 0 Å². The van der Waals surface area contributed by atoms with Crippen LogP contribution in [-0.4, -0.2) is 34.8 Å². The highest BCUT2D eigenvalue weighted by atomic mass is 16.5. The monoisotopic (exact) mass is 303 g/mol. The van der Waals surface area contributed by atoms with E-state index >= 15 is 0 Å². The van der Waals surface area contributed by atoms with Crippen LogP contribution in [0.15, 0.2) is 16.8 Å². The highest BCUT2D eigenvalue weighted by Gasteiger charge is 2.42. The van der Waals surface area contributed by atoms with Gasteiger partial charge in [0.05, 0.1) is 28.3 Å². The van der Waals surface area contributed by atoms with Gasteiger partial charge < -0.3 is 14.6 Å². The van der Waals surface area contributed by atoms with E-state index in [9.17, 15) is 4.79 Å². The molecule has 2 aromatic rings. The zero-order valence-electron chi connectivity index (χ0n) is 13.2. The van der Waals surface area contributed by atoms with Crippen LogP contribution in [0.1, 0.15) is 49.2 Å². The van der Waals surface area contributed by atoms with Crippen LogP contribution in [0.4, 0.5) is 0 Å². The van der Waals surface area contributed by atoms with Crippen molar-refractivity contribution in [3.63, 3.8) is 0 Å². The van der Waals surface area contributed by atoms with E-state index in [4.69, 9.17) is 9.26 Å². The van der Waals surface area contributed by atoms with E-state index in [0.717, 1.165) is 36.8 Å². The van der Waals surface area contributed by atoms with Crippen molar-refractivity contribution in [3.8, 4) is 0 Å². The van der Waals surface area contributed by atoms with Gasteiger partial charge in [-0.05, 0) is 38.7 Å². The van der Waals surface area contributed by atoms with Crippen molar-refractivity contribution in [1.29, 1.82) is 0 Å². The molecule has 0 aliphatic heterocycles. The van der Waals surface area contributed by atoms with E-state index in [1.54, 1.807) is 13.2 Å². The quantitative estimate of drug-likeness (QED) is 0.918. The first-order chi connectivity index (χ1) is 10.6. The number of aromatic nitrogens is 2. The summed E-state index contributed by atoms with van der Waals surface area (Å²) in [6.07, 6.45) is 5.36. The number of carbonyl (C=O) groups is 1. The summed E-state index contributed by atoms with van der Waals surface area (Å²) < 4.78 is 10.8. The largest absolute Gasteiger partial charge is 0.376 e. The number of ether oxygens (including phenoxy) is 1. The number of nitrogens with zero attached hydrogens (tertiary/aromatic N) is 2. The van der Waals surface area contributed by atoms with Crippen LogP contribution >= 0.6 is 0 Å². The SMILES string of the molecule is CCc1noc2ncc(C(=O)NC(C)C3(OC)CCC3)cc12. The van der Waals surface area contributed by atoms with Crippen molar-refractivity contribution < 1.29 is 14.1 Å². The number of aryl methyl sites for hydroxylation is 1. The average molecular weight is 303 g/mol. The van der Waals surface area contributed by atoms with Crippen LogP contribution in [0, 0.1) is 0 Å². The van der Waals surface area contributed by atoms with Crippen LogP contribution < -0.4 is 5.32 Å². The Kier molecular flexibility index (Phi) is 3.87. The lowest BCUT2D eigenvalue weighted by molar-refractivity contribution is -0.0919. The molecule has 2 aromatic heterocycles. The van der Waals surface area contributed by atoms with Crippen LogP contribution in [0.2, 0.25) is 0 Å². The summed E-state index contributed by atoms with van der Waals surface area (Å²) in [6, 6.07) is 1.75. The summed E-state index contributed by atoms with van der Waals surface area (Å²) in [4.78, 5) is 16.6. The lowest BCUT2D eigenvalue weighted by Crippen LogP contribution is -2.56. The highest BCUT2D eigenvalue weighted by Crippen LogP contribution is 2.38. The fourth-order valence-electron chi connectivity index (χ4n) is 3.01. The van der Waals surface area contributed by atoms with Gasteiger partial charge in [0, 0.05) is 13.3 Å². The molecule has 0 bridgehead atoms.